The van der Waals surface area contributed by atoms with Crippen molar-refractivity contribution >= 4 is 39.4 Å². The average molecular weight is 495 g/mol. The van der Waals surface area contributed by atoms with Crippen LogP contribution in [-0.4, -0.2) is 10.7 Å². The summed E-state index contributed by atoms with van der Waals surface area (Å²) in [5.41, 5.74) is 5.68. The minimum atomic E-state index is -4.65. The number of anilines is 1. The summed E-state index contributed by atoms with van der Waals surface area (Å²) in [7, 11) is 0. The van der Waals surface area contributed by atoms with Crippen molar-refractivity contribution in [1.82, 2.24) is 0 Å². The third-order valence-corrected chi connectivity index (χ3v) is 6.93. The molecule has 2 N–H and O–H groups in total. The second-order valence-electron chi connectivity index (χ2n) is 7.41. The second-order valence-corrected chi connectivity index (χ2v) is 8.91. The number of Topliss-reactive ketones (excluding diaryl/α,β-unsaturated/α-hetero) is 1. The van der Waals surface area contributed by atoms with Gasteiger partial charge in [-0.25, -0.2) is 0 Å². The largest absolute Gasteiger partial charge is 0.416 e. The fourth-order valence-electron chi connectivity index (χ4n) is 4.10. The van der Waals surface area contributed by atoms with Crippen molar-refractivity contribution in [3.63, 3.8) is 0 Å². The average Bonchev–Trinajstić information content (AvgIpc) is 3.23. The van der Waals surface area contributed by atoms with Crippen LogP contribution in [0.4, 0.5) is 23.9 Å². The molecule has 0 saturated carbocycles. The van der Waals surface area contributed by atoms with E-state index in [2.05, 4.69) is 0 Å². The number of hydrogen-bond acceptors (Lipinski definition) is 7. The minimum Gasteiger partial charge on any atom is -0.384 e. The highest BCUT2D eigenvalue weighted by molar-refractivity contribution is 7.15. The van der Waals surface area contributed by atoms with E-state index in [0.29, 0.717) is 23.4 Å². The Kier molecular flexibility index (Phi) is 5.67. The van der Waals surface area contributed by atoms with Gasteiger partial charge in [0.15, 0.2) is 5.78 Å². The molecule has 1 aromatic carbocycles. The molecule has 0 radical (unpaired) electrons. The maximum Gasteiger partial charge on any atom is 0.416 e. The summed E-state index contributed by atoms with van der Waals surface area (Å²) in [4.78, 5) is 25.2. The van der Waals surface area contributed by atoms with Gasteiger partial charge in [-0.15, -0.1) is 0 Å². The van der Waals surface area contributed by atoms with E-state index < -0.39 is 22.6 Å². The normalized spacial score (nSPS) is 18.9. The van der Waals surface area contributed by atoms with Gasteiger partial charge in [0.2, 0.25) is 0 Å². The Morgan fingerprint density at radius 3 is 2.61 bits per heavy atom. The lowest BCUT2D eigenvalue weighted by Crippen LogP contribution is -2.38. The molecule has 1 unspecified atom stereocenters. The number of nitrogens with two attached hydrogens (primary N) is 1. The van der Waals surface area contributed by atoms with Crippen LogP contribution in [-0.2, 0) is 11.0 Å². The molecule has 1 aromatic heterocycles. The van der Waals surface area contributed by atoms with Gasteiger partial charge in [-0.2, -0.15) is 18.4 Å². The van der Waals surface area contributed by atoms with E-state index in [1.165, 1.54) is 17.0 Å². The molecule has 7 nitrogen and oxygen atoms in total. The lowest BCUT2D eigenvalue weighted by Gasteiger charge is -2.39. The van der Waals surface area contributed by atoms with E-state index in [1.54, 1.807) is 0 Å². The molecule has 0 fully saturated rings. The Bertz CT molecular complexity index is 1290. The van der Waals surface area contributed by atoms with Crippen LogP contribution in [0.5, 0.6) is 0 Å². The van der Waals surface area contributed by atoms with Gasteiger partial charge in [-0.3, -0.25) is 19.8 Å². The molecule has 0 bridgehead atoms. The van der Waals surface area contributed by atoms with Crippen molar-refractivity contribution in [3.05, 3.63) is 78.6 Å². The molecular weight excluding hydrogens is 481 g/mol. The van der Waals surface area contributed by atoms with Gasteiger partial charge in [-0.05, 0) is 37.1 Å². The summed E-state index contributed by atoms with van der Waals surface area (Å²) in [5, 5.41) is 20.9. The molecule has 12 heteroatoms. The first kappa shape index (κ1) is 22.8. The molecule has 1 aliphatic heterocycles. The first-order valence-corrected chi connectivity index (χ1v) is 10.8. The van der Waals surface area contributed by atoms with Gasteiger partial charge in [0.1, 0.15) is 5.82 Å². The van der Waals surface area contributed by atoms with E-state index in [9.17, 15) is 33.3 Å². The molecule has 2 heterocycles. The van der Waals surface area contributed by atoms with E-state index in [0.717, 1.165) is 29.5 Å². The molecule has 2 aliphatic rings. The molecular formula is C21H14ClF3N4O3S. The van der Waals surface area contributed by atoms with Gasteiger partial charge >= 0.3 is 11.2 Å². The van der Waals surface area contributed by atoms with E-state index >= 15 is 0 Å². The summed E-state index contributed by atoms with van der Waals surface area (Å²) >= 11 is 7.06. The Labute approximate surface area is 194 Å². The van der Waals surface area contributed by atoms with Crippen molar-refractivity contribution in [2.75, 3.05) is 4.90 Å². The topological polar surface area (TPSA) is 113 Å². The van der Waals surface area contributed by atoms with Gasteiger partial charge in [-0.1, -0.05) is 22.9 Å². The zero-order chi connectivity index (χ0) is 24.1. The fourth-order valence-corrected chi connectivity index (χ4v) is 5.25. The number of thiophene rings is 1. The third-order valence-electron chi connectivity index (χ3n) is 5.50. The van der Waals surface area contributed by atoms with Crippen molar-refractivity contribution in [1.29, 1.82) is 5.26 Å². The number of nitriles is 1. The van der Waals surface area contributed by atoms with Gasteiger partial charge in [0, 0.05) is 28.6 Å². The third kappa shape index (κ3) is 3.85. The van der Waals surface area contributed by atoms with Gasteiger partial charge < -0.3 is 5.73 Å². The highest BCUT2D eigenvalue weighted by Gasteiger charge is 2.42. The van der Waals surface area contributed by atoms with E-state index in [4.69, 9.17) is 17.3 Å². The molecule has 2 aromatic rings. The van der Waals surface area contributed by atoms with Crippen LogP contribution in [0.15, 0.2) is 53.0 Å². The molecule has 33 heavy (non-hydrogen) atoms. The number of halogens is 4. The predicted octanol–water partition coefficient (Wildman–Crippen LogP) is 5.63. The number of ketones is 1. The van der Waals surface area contributed by atoms with Crippen LogP contribution in [0.2, 0.25) is 5.02 Å². The van der Waals surface area contributed by atoms with Crippen molar-refractivity contribution < 1.29 is 22.9 Å². The zero-order valence-corrected chi connectivity index (χ0v) is 18.2. The van der Waals surface area contributed by atoms with Crippen LogP contribution in [0.25, 0.3) is 0 Å². The summed E-state index contributed by atoms with van der Waals surface area (Å²) in [6.45, 7) is 0. The Morgan fingerprint density at radius 1 is 1.27 bits per heavy atom. The minimum absolute atomic E-state index is 0.0432. The van der Waals surface area contributed by atoms with Crippen LogP contribution in [0.1, 0.15) is 35.6 Å². The van der Waals surface area contributed by atoms with Crippen LogP contribution < -0.4 is 10.6 Å². The Balaban J connectivity index is 1.97. The van der Waals surface area contributed by atoms with Crippen LogP contribution >= 0.6 is 22.9 Å². The SMILES string of the molecule is N#CC1=C(N)N(c2cc(C(F)(F)F)ccc2Cl)C2=C(C(=O)CCC2)C1c1ccc([N+](=O)[O-])s1. The molecule has 4 rings (SSSR count). The number of carbonyl (C=O) groups excluding carboxylic acids is 1. The van der Waals surface area contributed by atoms with E-state index in [-0.39, 0.29) is 44.9 Å². The van der Waals surface area contributed by atoms with Crippen LogP contribution in [0, 0.1) is 21.4 Å². The highest BCUT2D eigenvalue weighted by Crippen LogP contribution is 2.49. The van der Waals surface area contributed by atoms with E-state index in [1.807, 2.05) is 6.07 Å². The molecule has 0 spiro atoms. The lowest BCUT2D eigenvalue weighted by molar-refractivity contribution is -0.380. The molecule has 0 amide bonds. The van der Waals surface area contributed by atoms with Crippen LogP contribution in [0.3, 0.4) is 0 Å². The lowest BCUT2D eigenvalue weighted by atomic mass is 9.78. The summed E-state index contributed by atoms with van der Waals surface area (Å²) in [6, 6.07) is 7.42. The van der Waals surface area contributed by atoms with Crippen molar-refractivity contribution in [2.45, 2.75) is 31.4 Å². The maximum atomic E-state index is 13.4. The van der Waals surface area contributed by atoms with Crippen molar-refractivity contribution in [2.24, 2.45) is 5.73 Å². The number of nitrogens with zero attached hydrogens (tertiary/aromatic N) is 3. The summed E-state index contributed by atoms with van der Waals surface area (Å²) in [6.07, 6.45) is -3.75. The molecule has 1 atom stereocenters. The molecule has 1 aliphatic carbocycles. The summed E-state index contributed by atoms with van der Waals surface area (Å²) < 4.78 is 40.1. The number of carbonyl (C=O) groups is 1. The number of nitro groups is 1. The van der Waals surface area contributed by atoms with Gasteiger partial charge in [0.25, 0.3) is 0 Å². The quantitative estimate of drug-likeness (QED) is 0.436. The Hall–Kier alpha value is -3.36. The standard InChI is InChI=1S/C21H14ClF3N4O3S/c22-12-5-4-10(21(23,24)25)8-14(12)28-13-2-1-3-15(30)19(13)18(11(9-26)20(28)27)16-6-7-17(33-16)29(31)32/h4-8,18H,1-3,27H2. The second kappa shape index (κ2) is 8.20. The first-order valence-electron chi connectivity index (χ1n) is 9.61. The summed E-state index contributed by atoms with van der Waals surface area (Å²) in [5.74, 6) is -1.42. The maximum absolute atomic E-state index is 13.4. The number of alkyl halides is 3. The number of rotatable bonds is 3. The van der Waals surface area contributed by atoms with Gasteiger partial charge in [0.05, 0.1) is 38.8 Å². The molecule has 170 valence electrons. The fraction of sp³-hybridized carbons (Fsp3) is 0.238. The number of benzene rings is 1. The molecule has 0 saturated heterocycles. The smallest absolute Gasteiger partial charge is 0.384 e. The number of allylic oxidation sites excluding steroid dienone is 3. The first-order chi connectivity index (χ1) is 15.5. The predicted molar refractivity (Wildman–Crippen MR) is 115 cm³/mol. The number of hydrogen-bond donors (Lipinski definition) is 1. The van der Waals surface area contributed by atoms with Crippen molar-refractivity contribution in [3.8, 4) is 6.07 Å². The monoisotopic (exact) mass is 494 g/mol. The Morgan fingerprint density at radius 2 is 2.00 bits per heavy atom. The zero-order valence-electron chi connectivity index (χ0n) is 16.6. The highest BCUT2D eigenvalue weighted by atomic mass is 35.5.